The molecule has 1 unspecified atom stereocenters. The van der Waals surface area contributed by atoms with Gasteiger partial charge in [-0.2, -0.15) is 0 Å². The lowest BCUT2D eigenvalue weighted by molar-refractivity contribution is 0.764. The molecule has 0 aliphatic heterocycles. The van der Waals surface area contributed by atoms with Crippen LogP contribution in [0.3, 0.4) is 0 Å². The van der Waals surface area contributed by atoms with Crippen LogP contribution < -0.4 is 5.73 Å². The van der Waals surface area contributed by atoms with Gasteiger partial charge in [0.15, 0.2) is 0 Å². The van der Waals surface area contributed by atoms with E-state index in [1.807, 2.05) is 18.3 Å². The van der Waals surface area contributed by atoms with Crippen LogP contribution in [-0.4, -0.2) is 16.5 Å². The summed E-state index contributed by atoms with van der Waals surface area (Å²) in [7, 11) is 0. The van der Waals surface area contributed by atoms with Crippen molar-refractivity contribution in [3.05, 3.63) is 52.5 Å². The van der Waals surface area contributed by atoms with E-state index in [0.29, 0.717) is 6.54 Å². The maximum atomic E-state index is 5.77. The molecule has 0 amide bonds. The van der Waals surface area contributed by atoms with Gasteiger partial charge < -0.3 is 10.7 Å². The van der Waals surface area contributed by atoms with Crippen LogP contribution >= 0.6 is 15.9 Å². The third-order valence-corrected chi connectivity index (χ3v) is 2.83. The van der Waals surface area contributed by atoms with Crippen molar-refractivity contribution < 1.29 is 0 Å². The van der Waals surface area contributed by atoms with Crippen LogP contribution in [0.15, 0.2) is 41.1 Å². The first-order valence-electron chi connectivity index (χ1n) is 4.76. The van der Waals surface area contributed by atoms with E-state index in [1.165, 1.54) is 5.56 Å². The Morgan fingerprint density at radius 2 is 2.33 bits per heavy atom. The molecule has 78 valence electrons. The van der Waals surface area contributed by atoms with Crippen molar-refractivity contribution in [2.24, 2.45) is 5.73 Å². The Balaban J connectivity index is 2.35. The van der Waals surface area contributed by atoms with E-state index < -0.39 is 0 Å². The molecule has 3 nitrogen and oxygen atoms in total. The molecule has 0 saturated carbocycles. The lowest BCUT2D eigenvalue weighted by atomic mass is 9.99. The third-order valence-electron chi connectivity index (χ3n) is 2.34. The van der Waals surface area contributed by atoms with Gasteiger partial charge in [-0.05, 0) is 17.7 Å². The predicted molar refractivity (Wildman–Crippen MR) is 63.6 cm³/mol. The van der Waals surface area contributed by atoms with Crippen molar-refractivity contribution in [3.63, 3.8) is 0 Å². The van der Waals surface area contributed by atoms with E-state index in [4.69, 9.17) is 5.73 Å². The quantitative estimate of drug-likeness (QED) is 0.895. The first kappa shape index (κ1) is 10.4. The summed E-state index contributed by atoms with van der Waals surface area (Å²) in [6, 6.07) is 8.13. The molecule has 0 aliphatic rings. The second-order valence-electron chi connectivity index (χ2n) is 3.32. The summed E-state index contributed by atoms with van der Waals surface area (Å²) >= 11 is 3.45. The SMILES string of the molecule is NCC(c1cccc(Br)c1)c1ncc[nH]1. The highest BCUT2D eigenvalue weighted by Gasteiger charge is 2.14. The lowest BCUT2D eigenvalue weighted by Crippen LogP contribution is -2.15. The lowest BCUT2D eigenvalue weighted by Gasteiger charge is -2.12. The number of hydrogen-bond donors (Lipinski definition) is 2. The molecule has 3 N–H and O–H groups in total. The van der Waals surface area contributed by atoms with Gasteiger partial charge in [-0.15, -0.1) is 0 Å². The number of hydrogen-bond acceptors (Lipinski definition) is 2. The number of nitrogens with one attached hydrogen (secondary N) is 1. The molecule has 1 atom stereocenters. The van der Waals surface area contributed by atoms with Crippen LogP contribution in [0.5, 0.6) is 0 Å². The first-order chi connectivity index (χ1) is 7.31. The van der Waals surface area contributed by atoms with Gasteiger partial charge in [0.2, 0.25) is 0 Å². The maximum Gasteiger partial charge on any atom is 0.114 e. The Morgan fingerprint density at radius 3 is 2.93 bits per heavy atom. The minimum atomic E-state index is 0.137. The van der Waals surface area contributed by atoms with E-state index in [1.54, 1.807) is 6.20 Å². The van der Waals surface area contributed by atoms with Crippen LogP contribution in [-0.2, 0) is 0 Å². The van der Waals surface area contributed by atoms with Crippen LogP contribution in [0.25, 0.3) is 0 Å². The number of aromatic amines is 1. The number of nitrogens with two attached hydrogens (primary N) is 1. The molecule has 1 heterocycles. The topological polar surface area (TPSA) is 54.7 Å². The molecule has 0 fully saturated rings. The summed E-state index contributed by atoms with van der Waals surface area (Å²) in [6.45, 7) is 0.546. The monoisotopic (exact) mass is 265 g/mol. The fourth-order valence-corrected chi connectivity index (χ4v) is 2.01. The Kier molecular flexibility index (Phi) is 3.18. The van der Waals surface area contributed by atoms with Crippen molar-refractivity contribution in [2.45, 2.75) is 5.92 Å². The number of nitrogens with zero attached hydrogens (tertiary/aromatic N) is 1. The van der Waals surface area contributed by atoms with Gasteiger partial charge in [0.05, 0.1) is 5.92 Å². The molecule has 2 rings (SSSR count). The molecule has 1 aromatic heterocycles. The van der Waals surface area contributed by atoms with Gasteiger partial charge in [-0.25, -0.2) is 4.98 Å². The van der Waals surface area contributed by atoms with Gasteiger partial charge in [-0.3, -0.25) is 0 Å². The first-order valence-corrected chi connectivity index (χ1v) is 5.55. The van der Waals surface area contributed by atoms with Crippen molar-refractivity contribution in [1.82, 2.24) is 9.97 Å². The van der Waals surface area contributed by atoms with Crippen molar-refractivity contribution in [3.8, 4) is 0 Å². The Labute approximate surface area is 96.9 Å². The number of imidazole rings is 1. The molecule has 2 aromatic rings. The zero-order valence-corrected chi connectivity index (χ0v) is 9.74. The van der Waals surface area contributed by atoms with Gasteiger partial charge in [0, 0.05) is 23.4 Å². The highest BCUT2D eigenvalue weighted by atomic mass is 79.9. The van der Waals surface area contributed by atoms with E-state index >= 15 is 0 Å². The molecule has 0 aliphatic carbocycles. The van der Waals surface area contributed by atoms with Gasteiger partial charge in [-0.1, -0.05) is 28.1 Å². The van der Waals surface area contributed by atoms with Crippen molar-refractivity contribution in [1.29, 1.82) is 0 Å². The van der Waals surface area contributed by atoms with E-state index in [-0.39, 0.29) is 5.92 Å². The smallest absolute Gasteiger partial charge is 0.114 e. The normalized spacial score (nSPS) is 12.7. The number of halogens is 1. The van der Waals surface area contributed by atoms with Crippen LogP contribution in [0, 0.1) is 0 Å². The molecule has 4 heteroatoms. The van der Waals surface area contributed by atoms with Gasteiger partial charge in [0.1, 0.15) is 5.82 Å². The minimum absolute atomic E-state index is 0.137. The molecular formula is C11H12BrN3. The molecule has 0 bridgehead atoms. The minimum Gasteiger partial charge on any atom is -0.348 e. The molecule has 0 radical (unpaired) electrons. The van der Waals surface area contributed by atoms with Crippen LogP contribution in [0.1, 0.15) is 17.3 Å². The largest absolute Gasteiger partial charge is 0.348 e. The summed E-state index contributed by atoms with van der Waals surface area (Å²) in [5.41, 5.74) is 6.94. The Bertz CT molecular complexity index is 425. The number of aromatic nitrogens is 2. The number of rotatable bonds is 3. The third kappa shape index (κ3) is 2.27. The number of benzene rings is 1. The second-order valence-corrected chi connectivity index (χ2v) is 4.23. The summed E-state index contributed by atoms with van der Waals surface area (Å²) in [6.07, 6.45) is 3.56. The summed E-state index contributed by atoms with van der Waals surface area (Å²) in [5.74, 6) is 1.05. The van der Waals surface area contributed by atoms with Gasteiger partial charge >= 0.3 is 0 Å². The van der Waals surface area contributed by atoms with Gasteiger partial charge in [0.25, 0.3) is 0 Å². The Morgan fingerprint density at radius 1 is 1.47 bits per heavy atom. The average Bonchev–Trinajstić information content (AvgIpc) is 2.72. The maximum absolute atomic E-state index is 5.77. The van der Waals surface area contributed by atoms with Crippen molar-refractivity contribution in [2.75, 3.05) is 6.54 Å². The summed E-state index contributed by atoms with van der Waals surface area (Å²) in [4.78, 5) is 7.34. The Hall–Kier alpha value is -1.13. The molecule has 1 aromatic carbocycles. The van der Waals surface area contributed by atoms with Crippen LogP contribution in [0.2, 0.25) is 0 Å². The van der Waals surface area contributed by atoms with Crippen molar-refractivity contribution >= 4 is 15.9 Å². The van der Waals surface area contributed by atoms with E-state index in [2.05, 4.69) is 38.0 Å². The zero-order valence-electron chi connectivity index (χ0n) is 8.15. The van der Waals surface area contributed by atoms with E-state index in [9.17, 15) is 0 Å². The zero-order chi connectivity index (χ0) is 10.7. The fourth-order valence-electron chi connectivity index (χ4n) is 1.60. The predicted octanol–water partition coefficient (Wildman–Crippen LogP) is 2.26. The summed E-state index contributed by atoms with van der Waals surface area (Å²) < 4.78 is 1.06. The van der Waals surface area contributed by atoms with E-state index in [0.717, 1.165) is 10.3 Å². The molecule has 0 spiro atoms. The molecule has 15 heavy (non-hydrogen) atoms. The fraction of sp³-hybridized carbons (Fsp3) is 0.182. The highest BCUT2D eigenvalue weighted by Crippen LogP contribution is 2.23. The summed E-state index contributed by atoms with van der Waals surface area (Å²) in [5, 5.41) is 0. The molecular weight excluding hydrogens is 254 g/mol. The standard InChI is InChI=1S/C11H12BrN3/c12-9-3-1-2-8(6-9)10(7-13)11-14-4-5-15-11/h1-6,10H,7,13H2,(H,14,15). The molecule has 0 saturated heterocycles. The van der Waals surface area contributed by atoms with Crippen LogP contribution in [0.4, 0.5) is 0 Å². The average molecular weight is 266 g/mol. The second kappa shape index (κ2) is 4.59. The highest BCUT2D eigenvalue weighted by molar-refractivity contribution is 9.10. The number of H-pyrrole nitrogens is 1.